The molecular weight excluding hydrogens is 262 g/mol. The summed E-state index contributed by atoms with van der Waals surface area (Å²) in [5.74, 6) is -1.47. The van der Waals surface area contributed by atoms with E-state index in [-0.39, 0.29) is 6.54 Å². The number of nitrogens with two attached hydrogens (primary N) is 1. The van der Waals surface area contributed by atoms with Crippen LogP contribution in [0.1, 0.15) is 39.5 Å². The molecule has 0 aromatic heterocycles. The Balaban J connectivity index is 2.58. The first-order chi connectivity index (χ1) is 9.30. The second-order valence-corrected chi connectivity index (χ2v) is 5.58. The Morgan fingerprint density at radius 2 is 2.10 bits per heavy atom. The van der Waals surface area contributed by atoms with E-state index in [1.165, 1.54) is 4.90 Å². The Bertz CT molecular complexity index is 399. The number of urea groups is 1. The lowest BCUT2D eigenvalue weighted by atomic mass is 9.89. The van der Waals surface area contributed by atoms with Gasteiger partial charge in [-0.05, 0) is 19.8 Å². The van der Waals surface area contributed by atoms with Gasteiger partial charge in [0.1, 0.15) is 6.04 Å². The lowest BCUT2D eigenvalue weighted by Gasteiger charge is -2.23. The minimum Gasteiger partial charge on any atom is -0.480 e. The van der Waals surface area contributed by atoms with E-state index in [1.54, 1.807) is 6.92 Å². The first-order valence-corrected chi connectivity index (χ1v) is 6.88. The number of nitrogens with one attached hydrogen (secondary N) is 1. The van der Waals surface area contributed by atoms with Gasteiger partial charge in [-0.1, -0.05) is 19.8 Å². The quantitative estimate of drug-likeness (QED) is 0.661. The van der Waals surface area contributed by atoms with Crippen LogP contribution in [0.25, 0.3) is 0 Å². The Morgan fingerprint density at radius 1 is 1.45 bits per heavy atom. The minimum absolute atomic E-state index is 0.230. The number of hydrogen-bond acceptors (Lipinski definition) is 3. The van der Waals surface area contributed by atoms with E-state index in [2.05, 4.69) is 5.32 Å². The van der Waals surface area contributed by atoms with Gasteiger partial charge in [0, 0.05) is 13.1 Å². The molecule has 7 heteroatoms. The van der Waals surface area contributed by atoms with Crippen LogP contribution in [0.5, 0.6) is 0 Å². The summed E-state index contributed by atoms with van der Waals surface area (Å²) in [7, 11) is 0. The number of carboxylic acid groups (broad SMARTS) is 1. The molecule has 0 aromatic carbocycles. The molecule has 4 N–H and O–H groups in total. The number of primary amides is 1. The number of carbonyl (C=O) groups is 3. The molecule has 114 valence electrons. The van der Waals surface area contributed by atoms with Crippen LogP contribution in [0.2, 0.25) is 0 Å². The standard InChI is InChI=1S/C13H23N3O4/c1-3-4-5-9(10(17)18)15-12(20)16-7-6-13(2,8-16)11(14)19/h9H,3-8H2,1-2H3,(H2,14,19)(H,15,20)(H,17,18)/t9-,13?/m0/s1. The summed E-state index contributed by atoms with van der Waals surface area (Å²) in [6.45, 7) is 4.31. The maximum Gasteiger partial charge on any atom is 0.326 e. The molecule has 3 amide bonds. The summed E-state index contributed by atoms with van der Waals surface area (Å²) in [4.78, 5) is 35.9. The molecule has 1 saturated heterocycles. The summed E-state index contributed by atoms with van der Waals surface area (Å²) < 4.78 is 0. The molecule has 1 unspecified atom stereocenters. The van der Waals surface area contributed by atoms with Gasteiger partial charge in [0.15, 0.2) is 0 Å². The molecule has 0 aromatic rings. The smallest absolute Gasteiger partial charge is 0.326 e. The van der Waals surface area contributed by atoms with E-state index in [0.29, 0.717) is 19.4 Å². The molecule has 0 aliphatic carbocycles. The number of carbonyl (C=O) groups excluding carboxylic acids is 2. The van der Waals surface area contributed by atoms with E-state index in [0.717, 1.165) is 12.8 Å². The lowest BCUT2D eigenvalue weighted by Crippen LogP contribution is -2.48. The SMILES string of the molecule is CCCC[C@H](NC(=O)N1CCC(C)(C(N)=O)C1)C(=O)O. The van der Waals surface area contributed by atoms with E-state index in [1.807, 2.05) is 6.92 Å². The van der Waals surface area contributed by atoms with Gasteiger partial charge < -0.3 is 21.1 Å². The maximum atomic E-state index is 12.0. The number of likely N-dealkylation sites (tertiary alicyclic amines) is 1. The van der Waals surface area contributed by atoms with Gasteiger partial charge in [-0.2, -0.15) is 0 Å². The monoisotopic (exact) mass is 285 g/mol. The maximum absolute atomic E-state index is 12.0. The van der Waals surface area contributed by atoms with Crippen molar-refractivity contribution in [3.8, 4) is 0 Å². The summed E-state index contributed by atoms with van der Waals surface area (Å²) >= 11 is 0. The highest BCUT2D eigenvalue weighted by atomic mass is 16.4. The third kappa shape index (κ3) is 3.85. The van der Waals surface area contributed by atoms with Crippen molar-refractivity contribution in [1.82, 2.24) is 10.2 Å². The molecule has 0 radical (unpaired) electrons. The Labute approximate surface area is 118 Å². The molecule has 1 fully saturated rings. The van der Waals surface area contributed by atoms with Crippen molar-refractivity contribution in [2.75, 3.05) is 13.1 Å². The van der Waals surface area contributed by atoms with Crippen molar-refractivity contribution >= 4 is 17.9 Å². The van der Waals surface area contributed by atoms with E-state index < -0.39 is 29.4 Å². The predicted molar refractivity (Wildman–Crippen MR) is 73.0 cm³/mol. The van der Waals surface area contributed by atoms with Crippen molar-refractivity contribution in [2.24, 2.45) is 11.1 Å². The summed E-state index contributed by atoms with van der Waals surface area (Å²) in [6.07, 6.45) is 2.50. The van der Waals surface area contributed by atoms with Gasteiger partial charge in [0.25, 0.3) is 0 Å². The third-order valence-corrected chi connectivity index (χ3v) is 3.80. The number of unbranched alkanes of at least 4 members (excludes halogenated alkanes) is 1. The van der Waals surface area contributed by atoms with Gasteiger partial charge in [-0.25, -0.2) is 9.59 Å². The molecular formula is C13H23N3O4. The fraction of sp³-hybridized carbons (Fsp3) is 0.769. The fourth-order valence-corrected chi connectivity index (χ4v) is 2.24. The fourth-order valence-electron chi connectivity index (χ4n) is 2.24. The Kier molecular flexibility index (Phi) is 5.35. The zero-order valence-corrected chi connectivity index (χ0v) is 12.0. The average molecular weight is 285 g/mol. The number of rotatable bonds is 6. The molecule has 0 saturated carbocycles. The first-order valence-electron chi connectivity index (χ1n) is 6.88. The Hall–Kier alpha value is -1.79. The van der Waals surface area contributed by atoms with E-state index >= 15 is 0 Å². The zero-order chi connectivity index (χ0) is 15.3. The van der Waals surface area contributed by atoms with E-state index in [9.17, 15) is 14.4 Å². The van der Waals surface area contributed by atoms with Gasteiger partial charge in [-0.15, -0.1) is 0 Å². The topological polar surface area (TPSA) is 113 Å². The third-order valence-electron chi connectivity index (χ3n) is 3.80. The highest BCUT2D eigenvalue weighted by Crippen LogP contribution is 2.29. The van der Waals surface area contributed by atoms with Gasteiger partial charge in [0.2, 0.25) is 5.91 Å². The van der Waals surface area contributed by atoms with Crippen LogP contribution >= 0.6 is 0 Å². The van der Waals surface area contributed by atoms with Crippen molar-refractivity contribution in [3.63, 3.8) is 0 Å². The van der Waals surface area contributed by atoms with Crippen molar-refractivity contribution in [3.05, 3.63) is 0 Å². The molecule has 20 heavy (non-hydrogen) atoms. The van der Waals surface area contributed by atoms with Gasteiger partial charge >= 0.3 is 12.0 Å². The van der Waals surface area contributed by atoms with Crippen molar-refractivity contribution in [2.45, 2.75) is 45.6 Å². The number of hydrogen-bond donors (Lipinski definition) is 3. The number of carboxylic acids is 1. The second kappa shape index (κ2) is 6.58. The van der Waals surface area contributed by atoms with Gasteiger partial charge in [-0.3, -0.25) is 4.79 Å². The van der Waals surface area contributed by atoms with Gasteiger partial charge in [0.05, 0.1) is 5.41 Å². The van der Waals surface area contributed by atoms with Crippen LogP contribution in [0.3, 0.4) is 0 Å². The minimum atomic E-state index is -1.04. The van der Waals surface area contributed by atoms with Crippen molar-refractivity contribution < 1.29 is 19.5 Å². The highest BCUT2D eigenvalue weighted by molar-refractivity contribution is 5.85. The number of nitrogens with zero attached hydrogens (tertiary/aromatic N) is 1. The summed E-state index contributed by atoms with van der Waals surface area (Å²) in [5, 5.41) is 11.6. The summed E-state index contributed by atoms with van der Waals surface area (Å²) in [5.41, 5.74) is 4.60. The molecule has 1 aliphatic rings. The highest BCUT2D eigenvalue weighted by Gasteiger charge is 2.41. The molecule has 0 spiro atoms. The van der Waals surface area contributed by atoms with Crippen LogP contribution in [-0.4, -0.2) is 47.0 Å². The van der Waals surface area contributed by atoms with Crippen LogP contribution in [-0.2, 0) is 9.59 Å². The second-order valence-electron chi connectivity index (χ2n) is 5.58. The number of amides is 3. The van der Waals surface area contributed by atoms with Crippen molar-refractivity contribution in [1.29, 1.82) is 0 Å². The summed E-state index contributed by atoms with van der Waals surface area (Å²) in [6, 6.07) is -1.33. The first kappa shape index (κ1) is 16.3. The zero-order valence-electron chi connectivity index (χ0n) is 12.0. The van der Waals surface area contributed by atoms with Crippen LogP contribution in [0.15, 0.2) is 0 Å². The van der Waals surface area contributed by atoms with E-state index in [4.69, 9.17) is 10.8 Å². The Morgan fingerprint density at radius 3 is 2.55 bits per heavy atom. The molecule has 0 bridgehead atoms. The lowest BCUT2D eigenvalue weighted by molar-refractivity contribution is -0.139. The predicted octanol–water partition coefficient (Wildman–Crippen LogP) is 0.537. The van der Waals surface area contributed by atoms with Crippen LogP contribution in [0.4, 0.5) is 4.79 Å². The number of aliphatic carboxylic acids is 1. The molecule has 7 nitrogen and oxygen atoms in total. The largest absolute Gasteiger partial charge is 0.480 e. The normalized spacial score (nSPS) is 23.4. The molecule has 1 aliphatic heterocycles. The molecule has 2 atom stereocenters. The average Bonchev–Trinajstić information content (AvgIpc) is 2.78. The van der Waals surface area contributed by atoms with Crippen LogP contribution in [0, 0.1) is 5.41 Å². The van der Waals surface area contributed by atoms with Crippen LogP contribution < -0.4 is 11.1 Å². The molecule has 1 rings (SSSR count). The molecule has 1 heterocycles.